The van der Waals surface area contributed by atoms with Crippen molar-refractivity contribution in [1.82, 2.24) is 4.72 Å². The summed E-state index contributed by atoms with van der Waals surface area (Å²) in [4.78, 5) is 10.9. The summed E-state index contributed by atoms with van der Waals surface area (Å²) in [6, 6.07) is 13.7. The minimum Gasteiger partial charge on any atom is -0.480 e. The van der Waals surface area contributed by atoms with Gasteiger partial charge in [-0.15, -0.1) is 0 Å². The Morgan fingerprint density at radius 3 is 2.17 bits per heavy atom. The molecule has 0 fully saturated rings. The first-order chi connectivity index (χ1) is 10.8. The highest BCUT2D eigenvalue weighted by Gasteiger charge is 2.32. The number of benzene rings is 2. The van der Waals surface area contributed by atoms with Gasteiger partial charge in [0.2, 0.25) is 10.0 Å². The third kappa shape index (κ3) is 4.40. The first-order valence-electron chi connectivity index (χ1n) is 6.82. The van der Waals surface area contributed by atoms with E-state index in [2.05, 4.69) is 20.7 Å². The van der Waals surface area contributed by atoms with E-state index in [-0.39, 0.29) is 4.90 Å². The number of aryl methyl sites for hydroxylation is 1. The molecule has 122 valence electrons. The number of halogens is 1. The molecule has 2 rings (SSSR count). The summed E-state index contributed by atoms with van der Waals surface area (Å²) in [5, 5.41) is 9.40. The quantitative estimate of drug-likeness (QED) is 0.733. The molecule has 2 aromatic rings. The fourth-order valence-electron chi connectivity index (χ4n) is 2.02. The Balaban J connectivity index is 2.29. The SMILES string of the molecule is Cc1ccc(S(=O)(=O)NC(C(=O)O)C(Br)c2ccccc2)cc1. The largest absolute Gasteiger partial charge is 0.480 e. The Morgan fingerprint density at radius 2 is 1.65 bits per heavy atom. The van der Waals surface area contributed by atoms with Crippen LogP contribution in [0.15, 0.2) is 59.5 Å². The van der Waals surface area contributed by atoms with Crippen molar-refractivity contribution in [3.8, 4) is 0 Å². The number of carboxylic acid groups (broad SMARTS) is 1. The van der Waals surface area contributed by atoms with Crippen LogP contribution in [0.3, 0.4) is 0 Å². The summed E-state index contributed by atoms with van der Waals surface area (Å²) >= 11 is 3.28. The van der Waals surface area contributed by atoms with Crippen LogP contribution >= 0.6 is 15.9 Å². The Bertz CT molecular complexity index is 775. The van der Waals surface area contributed by atoms with Gasteiger partial charge in [-0.25, -0.2) is 8.42 Å². The van der Waals surface area contributed by atoms with Crippen LogP contribution in [0.25, 0.3) is 0 Å². The lowest BCUT2D eigenvalue weighted by molar-refractivity contribution is -0.138. The highest BCUT2D eigenvalue weighted by molar-refractivity contribution is 9.09. The minimum absolute atomic E-state index is 0.0297. The lowest BCUT2D eigenvalue weighted by Gasteiger charge is -2.20. The van der Waals surface area contributed by atoms with Crippen molar-refractivity contribution in [2.24, 2.45) is 0 Å². The van der Waals surface area contributed by atoms with Gasteiger partial charge < -0.3 is 5.11 Å². The second kappa shape index (κ2) is 7.25. The van der Waals surface area contributed by atoms with Crippen LogP contribution in [0.2, 0.25) is 0 Å². The van der Waals surface area contributed by atoms with Crippen molar-refractivity contribution in [2.45, 2.75) is 22.7 Å². The Kier molecular flexibility index (Phi) is 5.56. The molecule has 0 heterocycles. The van der Waals surface area contributed by atoms with Gasteiger partial charge in [-0.1, -0.05) is 64.0 Å². The van der Waals surface area contributed by atoms with E-state index >= 15 is 0 Å². The van der Waals surface area contributed by atoms with Crippen LogP contribution in [-0.4, -0.2) is 25.5 Å². The third-order valence-electron chi connectivity index (χ3n) is 3.29. The highest BCUT2D eigenvalue weighted by Crippen LogP contribution is 2.27. The molecule has 0 amide bonds. The van der Waals surface area contributed by atoms with Crippen molar-refractivity contribution in [1.29, 1.82) is 0 Å². The lowest BCUT2D eigenvalue weighted by Crippen LogP contribution is -2.43. The molecule has 2 unspecified atom stereocenters. The molecule has 0 saturated heterocycles. The van der Waals surface area contributed by atoms with E-state index in [1.54, 1.807) is 42.5 Å². The molecule has 0 spiro atoms. The molecule has 0 aliphatic rings. The van der Waals surface area contributed by atoms with Gasteiger partial charge in [0.1, 0.15) is 6.04 Å². The summed E-state index contributed by atoms with van der Waals surface area (Å²) in [7, 11) is -3.94. The molecule has 2 atom stereocenters. The number of nitrogens with one attached hydrogen (secondary N) is 1. The van der Waals surface area contributed by atoms with Crippen LogP contribution in [0.4, 0.5) is 0 Å². The first-order valence-corrected chi connectivity index (χ1v) is 9.22. The molecule has 5 nitrogen and oxygen atoms in total. The van der Waals surface area contributed by atoms with E-state index in [1.807, 2.05) is 6.92 Å². The molecular formula is C16H16BrNO4S. The van der Waals surface area contributed by atoms with Gasteiger partial charge in [0, 0.05) is 0 Å². The summed E-state index contributed by atoms with van der Waals surface area (Å²) in [5.74, 6) is -1.26. The lowest BCUT2D eigenvalue weighted by atomic mass is 10.1. The van der Waals surface area contributed by atoms with Gasteiger partial charge in [-0.2, -0.15) is 4.72 Å². The predicted molar refractivity (Wildman–Crippen MR) is 91.0 cm³/mol. The van der Waals surface area contributed by atoms with Gasteiger partial charge in [0.05, 0.1) is 9.72 Å². The summed E-state index contributed by atoms with van der Waals surface area (Å²) in [5.41, 5.74) is 1.59. The maximum atomic E-state index is 12.4. The number of hydrogen-bond donors (Lipinski definition) is 2. The van der Waals surface area contributed by atoms with Crippen molar-refractivity contribution in [3.05, 3.63) is 65.7 Å². The molecule has 0 bridgehead atoms. The van der Waals surface area contributed by atoms with E-state index in [9.17, 15) is 18.3 Å². The zero-order chi connectivity index (χ0) is 17.0. The summed E-state index contributed by atoms with van der Waals surface area (Å²) < 4.78 is 27.1. The van der Waals surface area contributed by atoms with Crippen LogP contribution < -0.4 is 4.72 Å². The smallest absolute Gasteiger partial charge is 0.323 e. The second-order valence-electron chi connectivity index (χ2n) is 5.06. The van der Waals surface area contributed by atoms with Crippen LogP contribution in [0.1, 0.15) is 16.0 Å². The zero-order valence-electron chi connectivity index (χ0n) is 12.3. The van der Waals surface area contributed by atoms with Gasteiger partial charge in [-0.05, 0) is 24.6 Å². The second-order valence-corrected chi connectivity index (χ2v) is 7.76. The van der Waals surface area contributed by atoms with Crippen molar-refractivity contribution >= 4 is 31.9 Å². The van der Waals surface area contributed by atoms with Gasteiger partial charge in [0.25, 0.3) is 0 Å². The van der Waals surface area contributed by atoms with Crippen molar-refractivity contribution in [2.75, 3.05) is 0 Å². The highest BCUT2D eigenvalue weighted by atomic mass is 79.9. The van der Waals surface area contributed by atoms with Gasteiger partial charge >= 0.3 is 5.97 Å². The monoisotopic (exact) mass is 397 g/mol. The van der Waals surface area contributed by atoms with E-state index in [1.165, 1.54) is 12.1 Å². The molecule has 0 radical (unpaired) electrons. The molecular weight excluding hydrogens is 382 g/mol. The van der Waals surface area contributed by atoms with Gasteiger partial charge in [-0.3, -0.25) is 4.79 Å². The molecule has 0 aliphatic carbocycles. The number of sulfonamides is 1. The average molecular weight is 398 g/mol. The van der Waals surface area contributed by atoms with E-state index in [0.717, 1.165) is 5.56 Å². The maximum Gasteiger partial charge on any atom is 0.323 e. The number of aliphatic carboxylic acids is 1. The average Bonchev–Trinajstić information content (AvgIpc) is 2.53. The topological polar surface area (TPSA) is 83.5 Å². The number of carbonyl (C=O) groups is 1. The number of carboxylic acids is 1. The molecule has 7 heteroatoms. The third-order valence-corrected chi connectivity index (χ3v) is 5.80. The molecule has 2 aromatic carbocycles. The fourth-order valence-corrected chi connectivity index (χ4v) is 4.06. The predicted octanol–water partition coefficient (Wildman–Crippen LogP) is 2.86. The Labute approximate surface area is 143 Å². The van der Waals surface area contributed by atoms with Crippen LogP contribution in [0, 0.1) is 6.92 Å². The van der Waals surface area contributed by atoms with Crippen LogP contribution in [-0.2, 0) is 14.8 Å². The summed E-state index contributed by atoms with van der Waals surface area (Å²) in [6.45, 7) is 1.84. The number of rotatable bonds is 6. The number of alkyl halides is 1. The van der Waals surface area contributed by atoms with Crippen molar-refractivity contribution in [3.63, 3.8) is 0 Å². The first kappa shape index (κ1) is 17.7. The molecule has 0 aromatic heterocycles. The molecule has 2 N–H and O–H groups in total. The molecule has 0 saturated carbocycles. The van der Waals surface area contributed by atoms with Crippen molar-refractivity contribution < 1.29 is 18.3 Å². The van der Waals surface area contributed by atoms with Crippen LogP contribution in [0.5, 0.6) is 0 Å². The van der Waals surface area contributed by atoms with E-state index in [4.69, 9.17) is 0 Å². The normalized spacial score (nSPS) is 14.2. The molecule has 23 heavy (non-hydrogen) atoms. The molecule has 0 aliphatic heterocycles. The van der Waals surface area contributed by atoms with E-state index in [0.29, 0.717) is 5.56 Å². The Morgan fingerprint density at radius 1 is 1.09 bits per heavy atom. The fraction of sp³-hybridized carbons (Fsp3) is 0.188. The number of hydrogen-bond acceptors (Lipinski definition) is 3. The standard InChI is InChI=1S/C16H16BrNO4S/c1-11-7-9-13(10-8-11)23(21,22)18-15(16(19)20)14(17)12-5-3-2-4-6-12/h2-10,14-15,18H,1H3,(H,19,20). The maximum absolute atomic E-state index is 12.4. The Hall–Kier alpha value is -1.70. The van der Waals surface area contributed by atoms with E-state index < -0.39 is 26.9 Å². The zero-order valence-corrected chi connectivity index (χ0v) is 14.7. The minimum atomic E-state index is -3.94. The van der Waals surface area contributed by atoms with Gasteiger partial charge in [0.15, 0.2) is 0 Å². The summed E-state index contributed by atoms with van der Waals surface area (Å²) in [6.07, 6.45) is 0.